The van der Waals surface area contributed by atoms with Gasteiger partial charge in [0, 0.05) is 31.5 Å². The van der Waals surface area contributed by atoms with Crippen LogP contribution in [-0.4, -0.2) is 35.9 Å². The van der Waals surface area contributed by atoms with Crippen molar-refractivity contribution in [3.05, 3.63) is 18.0 Å². The van der Waals surface area contributed by atoms with E-state index in [1.165, 1.54) is 0 Å². The van der Waals surface area contributed by atoms with Crippen molar-refractivity contribution in [2.75, 3.05) is 19.8 Å². The summed E-state index contributed by atoms with van der Waals surface area (Å²) in [6.07, 6.45) is 4.87. The molecule has 1 atom stereocenters. The Morgan fingerprint density at radius 2 is 2.39 bits per heavy atom. The molecule has 1 amide bonds. The minimum absolute atomic E-state index is 0.0157. The smallest absolute Gasteiger partial charge is 0.228 e. The highest BCUT2D eigenvalue weighted by molar-refractivity contribution is 5.83. The van der Waals surface area contributed by atoms with Crippen LogP contribution in [0, 0.1) is 5.41 Å². The molecule has 6 heteroatoms. The lowest BCUT2D eigenvalue weighted by molar-refractivity contribution is -0.136. The fraction of sp³-hybridized carbons (Fsp3) is 0.667. The number of H-pyrrole nitrogens is 1. The Morgan fingerprint density at radius 1 is 1.67 bits per heavy atom. The van der Waals surface area contributed by atoms with Crippen LogP contribution in [0.25, 0.3) is 0 Å². The number of carbonyl (C=O) groups excluding carboxylic acids is 1. The van der Waals surface area contributed by atoms with Gasteiger partial charge in [0.2, 0.25) is 5.91 Å². The number of nitrogens with one attached hydrogen (secondary N) is 2. The summed E-state index contributed by atoms with van der Waals surface area (Å²) in [6.45, 7) is 3.50. The minimum atomic E-state index is -0.476. The first kappa shape index (κ1) is 13.0. The standard InChI is InChI=1S/C12H20N4O2/c1-9(10-6-14-15-7-10)16-11(17)12(8-13)2-4-18-5-3-12/h6-7,9H,2-5,8,13H2,1H3,(H,14,15)(H,16,17). The minimum Gasteiger partial charge on any atom is -0.381 e. The third-order valence-corrected chi connectivity index (χ3v) is 3.69. The molecule has 0 aromatic carbocycles. The van der Waals surface area contributed by atoms with Crippen LogP contribution >= 0.6 is 0 Å². The molecule has 6 nitrogen and oxygen atoms in total. The summed E-state index contributed by atoms with van der Waals surface area (Å²) in [5.74, 6) is 0.0157. The first-order valence-electron chi connectivity index (χ1n) is 6.25. The van der Waals surface area contributed by atoms with E-state index < -0.39 is 5.41 Å². The van der Waals surface area contributed by atoms with Gasteiger partial charge in [-0.15, -0.1) is 0 Å². The molecule has 1 saturated heterocycles. The Morgan fingerprint density at radius 3 is 2.94 bits per heavy atom. The van der Waals surface area contributed by atoms with Crippen molar-refractivity contribution in [3.8, 4) is 0 Å². The zero-order valence-corrected chi connectivity index (χ0v) is 10.6. The molecule has 0 aliphatic carbocycles. The second-order valence-corrected chi connectivity index (χ2v) is 4.82. The maximum atomic E-state index is 12.4. The van der Waals surface area contributed by atoms with Crippen LogP contribution < -0.4 is 11.1 Å². The molecule has 2 heterocycles. The van der Waals surface area contributed by atoms with Crippen LogP contribution in [0.4, 0.5) is 0 Å². The molecular weight excluding hydrogens is 232 g/mol. The Bertz CT molecular complexity index is 385. The number of rotatable bonds is 4. The second-order valence-electron chi connectivity index (χ2n) is 4.82. The van der Waals surface area contributed by atoms with Crippen LogP contribution in [0.15, 0.2) is 12.4 Å². The largest absolute Gasteiger partial charge is 0.381 e. The first-order valence-corrected chi connectivity index (χ1v) is 6.25. The molecule has 1 aliphatic heterocycles. The maximum absolute atomic E-state index is 12.4. The topological polar surface area (TPSA) is 93.0 Å². The number of hydrogen-bond acceptors (Lipinski definition) is 4. The number of hydrogen-bond donors (Lipinski definition) is 3. The van der Waals surface area contributed by atoms with E-state index in [9.17, 15) is 4.79 Å². The van der Waals surface area contributed by atoms with Crippen LogP contribution in [0.5, 0.6) is 0 Å². The first-order chi connectivity index (χ1) is 8.68. The molecular formula is C12H20N4O2. The van der Waals surface area contributed by atoms with Crippen molar-refractivity contribution < 1.29 is 9.53 Å². The lowest BCUT2D eigenvalue weighted by Crippen LogP contribution is -2.49. The number of carbonyl (C=O) groups is 1. The van der Waals surface area contributed by atoms with Gasteiger partial charge in [0.05, 0.1) is 17.7 Å². The molecule has 1 unspecified atom stereocenters. The highest BCUT2D eigenvalue weighted by Gasteiger charge is 2.39. The Labute approximate surface area is 106 Å². The van der Waals surface area contributed by atoms with Gasteiger partial charge in [-0.05, 0) is 19.8 Å². The van der Waals surface area contributed by atoms with Crippen molar-refractivity contribution in [2.45, 2.75) is 25.8 Å². The molecule has 1 aromatic rings. The normalized spacial score (nSPS) is 20.3. The summed E-state index contributed by atoms with van der Waals surface area (Å²) in [7, 11) is 0. The fourth-order valence-corrected chi connectivity index (χ4v) is 2.22. The van der Waals surface area contributed by atoms with Gasteiger partial charge in [0.15, 0.2) is 0 Å². The third-order valence-electron chi connectivity index (χ3n) is 3.69. The summed E-state index contributed by atoms with van der Waals surface area (Å²) in [6, 6.07) is -0.0671. The molecule has 2 rings (SSSR count). The predicted octanol–water partition coefficient (Wildman–Crippen LogP) is 0.342. The van der Waals surface area contributed by atoms with E-state index in [0.29, 0.717) is 32.6 Å². The summed E-state index contributed by atoms with van der Waals surface area (Å²) in [4.78, 5) is 12.4. The van der Waals surface area contributed by atoms with Gasteiger partial charge in [-0.1, -0.05) is 0 Å². The van der Waals surface area contributed by atoms with E-state index in [4.69, 9.17) is 10.5 Å². The maximum Gasteiger partial charge on any atom is 0.228 e. The van der Waals surface area contributed by atoms with Crippen LogP contribution in [0.1, 0.15) is 31.4 Å². The molecule has 100 valence electrons. The van der Waals surface area contributed by atoms with Crippen LogP contribution in [0.3, 0.4) is 0 Å². The summed E-state index contributed by atoms with van der Waals surface area (Å²) < 4.78 is 5.30. The second kappa shape index (κ2) is 5.49. The van der Waals surface area contributed by atoms with E-state index >= 15 is 0 Å². The molecule has 1 aromatic heterocycles. The molecule has 4 N–H and O–H groups in total. The molecule has 0 bridgehead atoms. The van der Waals surface area contributed by atoms with Gasteiger partial charge in [0.25, 0.3) is 0 Å². The quantitative estimate of drug-likeness (QED) is 0.720. The van der Waals surface area contributed by atoms with Gasteiger partial charge in [-0.3, -0.25) is 9.89 Å². The number of aromatic amines is 1. The zero-order valence-electron chi connectivity index (χ0n) is 10.6. The Balaban J connectivity index is 2.01. The monoisotopic (exact) mass is 252 g/mol. The van der Waals surface area contributed by atoms with Crippen LogP contribution in [0.2, 0.25) is 0 Å². The van der Waals surface area contributed by atoms with Crippen LogP contribution in [-0.2, 0) is 9.53 Å². The van der Waals surface area contributed by atoms with E-state index in [1.54, 1.807) is 12.4 Å². The summed E-state index contributed by atoms with van der Waals surface area (Å²) >= 11 is 0. The van der Waals surface area contributed by atoms with E-state index in [-0.39, 0.29) is 11.9 Å². The van der Waals surface area contributed by atoms with E-state index in [0.717, 1.165) is 5.56 Å². The van der Waals surface area contributed by atoms with Gasteiger partial charge < -0.3 is 15.8 Å². The number of ether oxygens (including phenoxy) is 1. The van der Waals surface area contributed by atoms with Crippen molar-refractivity contribution in [2.24, 2.45) is 11.1 Å². The highest BCUT2D eigenvalue weighted by atomic mass is 16.5. The van der Waals surface area contributed by atoms with Crippen molar-refractivity contribution >= 4 is 5.91 Å². The summed E-state index contributed by atoms with van der Waals surface area (Å²) in [5, 5.41) is 9.63. The van der Waals surface area contributed by atoms with Gasteiger partial charge in [0.1, 0.15) is 0 Å². The third kappa shape index (κ3) is 2.54. The molecule has 1 aliphatic rings. The molecule has 0 saturated carbocycles. The number of aromatic nitrogens is 2. The SMILES string of the molecule is CC(NC(=O)C1(CN)CCOCC1)c1cn[nH]c1. The van der Waals surface area contributed by atoms with Gasteiger partial charge in [-0.2, -0.15) is 5.10 Å². The number of nitrogens with two attached hydrogens (primary N) is 1. The molecule has 0 radical (unpaired) electrons. The van der Waals surface area contributed by atoms with Crippen molar-refractivity contribution in [3.63, 3.8) is 0 Å². The lowest BCUT2D eigenvalue weighted by atomic mass is 9.79. The number of amides is 1. The average molecular weight is 252 g/mol. The van der Waals surface area contributed by atoms with Crippen molar-refractivity contribution in [1.29, 1.82) is 0 Å². The van der Waals surface area contributed by atoms with Crippen molar-refractivity contribution in [1.82, 2.24) is 15.5 Å². The highest BCUT2D eigenvalue weighted by Crippen LogP contribution is 2.30. The Hall–Kier alpha value is -1.40. The van der Waals surface area contributed by atoms with E-state index in [2.05, 4.69) is 15.5 Å². The summed E-state index contributed by atoms with van der Waals surface area (Å²) in [5.41, 5.74) is 6.28. The zero-order chi connectivity index (χ0) is 13.0. The molecule has 1 fully saturated rings. The lowest BCUT2D eigenvalue weighted by Gasteiger charge is -2.35. The predicted molar refractivity (Wildman–Crippen MR) is 66.7 cm³/mol. The number of nitrogens with zero attached hydrogens (tertiary/aromatic N) is 1. The van der Waals surface area contributed by atoms with E-state index in [1.807, 2.05) is 6.92 Å². The average Bonchev–Trinajstić information content (AvgIpc) is 2.93. The Kier molecular flexibility index (Phi) is 3.98. The fourth-order valence-electron chi connectivity index (χ4n) is 2.22. The van der Waals surface area contributed by atoms with Gasteiger partial charge >= 0.3 is 0 Å². The molecule has 0 spiro atoms. The molecule has 18 heavy (non-hydrogen) atoms. The van der Waals surface area contributed by atoms with Gasteiger partial charge in [-0.25, -0.2) is 0 Å².